The standard InChI is InChI=1S/C9H10IN5O/c1-5-3-7(15-14-5)11-6-4-8(16-2)13-9(10)12-6/h3-4H,1-2H3,(H2,11,12,13,14,15). The predicted octanol–water partition coefficient (Wildman–Crippen LogP) is 1.86. The van der Waals surface area contributed by atoms with E-state index in [9.17, 15) is 0 Å². The summed E-state index contributed by atoms with van der Waals surface area (Å²) < 4.78 is 5.67. The minimum atomic E-state index is 0.522. The lowest BCUT2D eigenvalue weighted by Crippen LogP contribution is -1.99. The third-order valence-electron chi connectivity index (χ3n) is 1.85. The summed E-state index contributed by atoms with van der Waals surface area (Å²) in [6.45, 7) is 1.93. The van der Waals surface area contributed by atoms with Crippen molar-refractivity contribution in [3.05, 3.63) is 21.7 Å². The van der Waals surface area contributed by atoms with Gasteiger partial charge >= 0.3 is 0 Å². The number of nitrogens with one attached hydrogen (secondary N) is 2. The molecule has 2 rings (SSSR count). The van der Waals surface area contributed by atoms with Gasteiger partial charge in [0, 0.05) is 40.4 Å². The smallest absolute Gasteiger partial charge is 0.219 e. The molecule has 16 heavy (non-hydrogen) atoms. The molecule has 0 unspecified atom stereocenters. The highest BCUT2D eigenvalue weighted by Gasteiger charge is 2.04. The molecule has 6 nitrogen and oxygen atoms in total. The van der Waals surface area contributed by atoms with Gasteiger partial charge in [0.1, 0.15) is 5.82 Å². The lowest BCUT2D eigenvalue weighted by Gasteiger charge is -2.04. The number of hydrogen-bond acceptors (Lipinski definition) is 5. The molecule has 2 heterocycles. The average Bonchev–Trinajstić information content (AvgIpc) is 2.63. The molecule has 0 aliphatic carbocycles. The van der Waals surface area contributed by atoms with E-state index in [2.05, 4.69) is 25.5 Å². The Balaban J connectivity index is 2.24. The van der Waals surface area contributed by atoms with Crippen LogP contribution in [0.1, 0.15) is 5.69 Å². The second kappa shape index (κ2) is 4.64. The maximum Gasteiger partial charge on any atom is 0.219 e. The van der Waals surface area contributed by atoms with Gasteiger partial charge in [-0.05, 0) is 6.92 Å². The van der Waals surface area contributed by atoms with Crippen LogP contribution in [-0.2, 0) is 0 Å². The predicted molar refractivity (Wildman–Crippen MR) is 67.9 cm³/mol. The summed E-state index contributed by atoms with van der Waals surface area (Å²) in [5.41, 5.74) is 0.984. The maximum absolute atomic E-state index is 5.05. The fraction of sp³-hybridized carbons (Fsp3) is 0.222. The monoisotopic (exact) mass is 331 g/mol. The lowest BCUT2D eigenvalue weighted by molar-refractivity contribution is 0.396. The van der Waals surface area contributed by atoms with Crippen LogP contribution in [0.3, 0.4) is 0 Å². The van der Waals surface area contributed by atoms with E-state index < -0.39 is 0 Å². The molecule has 2 N–H and O–H groups in total. The number of methoxy groups -OCH3 is 1. The van der Waals surface area contributed by atoms with E-state index in [4.69, 9.17) is 4.74 Å². The van der Waals surface area contributed by atoms with Crippen molar-refractivity contribution in [1.82, 2.24) is 20.2 Å². The van der Waals surface area contributed by atoms with Gasteiger partial charge in [-0.2, -0.15) is 10.1 Å². The fourth-order valence-corrected chi connectivity index (χ4v) is 1.68. The maximum atomic E-state index is 5.05. The number of halogens is 1. The van der Waals surface area contributed by atoms with Crippen LogP contribution in [0.4, 0.5) is 11.6 Å². The zero-order valence-corrected chi connectivity index (χ0v) is 10.9. The van der Waals surface area contributed by atoms with Crippen LogP contribution in [0.5, 0.6) is 5.88 Å². The number of aromatic nitrogens is 4. The highest BCUT2D eigenvalue weighted by Crippen LogP contribution is 2.18. The van der Waals surface area contributed by atoms with Gasteiger partial charge in [0.25, 0.3) is 0 Å². The summed E-state index contributed by atoms with van der Waals surface area (Å²) in [6, 6.07) is 3.60. The summed E-state index contributed by atoms with van der Waals surface area (Å²) in [7, 11) is 1.57. The molecule has 0 saturated heterocycles. The molecule has 0 saturated carbocycles. The Kier molecular flexibility index (Phi) is 3.22. The van der Waals surface area contributed by atoms with Gasteiger partial charge in [-0.1, -0.05) is 0 Å². The molecular formula is C9H10IN5O. The highest BCUT2D eigenvalue weighted by atomic mass is 127. The number of rotatable bonds is 3. The third kappa shape index (κ3) is 2.60. The fourth-order valence-electron chi connectivity index (χ4n) is 1.18. The first-order valence-electron chi connectivity index (χ1n) is 4.55. The van der Waals surface area contributed by atoms with Crippen LogP contribution < -0.4 is 10.1 Å². The van der Waals surface area contributed by atoms with Crippen molar-refractivity contribution in [3.63, 3.8) is 0 Å². The third-order valence-corrected chi connectivity index (χ3v) is 2.33. The number of hydrogen-bond donors (Lipinski definition) is 2. The molecule has 7 heteroatoms. The van der Waals surface area contributed by atoms with E-state index in [-0.39, 0.29) is 0 Å². The van der Waals surface area contributed by atoms with Gasteiger partial charge in [-0.3, -0.25) is 5.10 Å². The molecule has 0 radical (unpaired) electrons. The molecule has 0 bridgehead atoms. The molecule has 0 aliphatic rings. The van der Waals surface area contributed by atoms with Crippen LogP contribution in [0.15, 0.2) is 12.1 Å². The average molecular weight is 331 g/mol. The van der Waals surface area contributed by atoms with Crippen LogP contribution in [-0.4, -0.2) is 27.3 Å². The molecule has 0 aliphatic heterocycles. The molecule has 2 aromatic rings. The zero-order valence-electron chi connectivity index (χ0n) is 8.78. The van der Waals surface area contributed by atoms with Crippen LogP contribution in [0.25, 0.3) is 0 Å². The van der Waals surface area contributed by atoms with E-state index in [1.54, 1.807) is 13.2 Å². The lowest BCUT2D eigenvalue weighted by atomic mass is 10.4. The van der Waals surface area contributed by atoms with Crippen LogP contribution in [0, 0.1) is 10.8 Å². The molecule has 0 atom stereocenters. The number of aromatic amines is 1. The van der Waals surface area contributed by atoms with Crippen molar-refractivity contribution < 1.29 is 4.74 Å². The van der Waals surface area contributed by atoms with Crippen molar-refractivity contribution in [3.8, 4) is 5.88 Å². The number of nitrogens with zero attached hydrogens (tertiary/aromatic N) is 3. The second-order valence-electron chi connectivity index (χ2n) is 3.13. The molecule has 0 fully saturated rings. The SMILES string of the molecule is COc1cc(Nc2cc(C)[nH]n2)nc(I)n1. The van der Waals surface area contributed by atoms with Crippen LogP contribution >= 0.6 is 22.6 Å². The van der Waals surface area contributed by atoms with Gasteiger partial charge < -0.3 is 10.1 Å². The Morgan fingerprint density at radius 3 is 2.75 bits per heavy atom. The Hall–Kier alpha value is -1.38. The van der Waals surface area contributed by atoms with Crippen molar-refractivity contribution in [1.29, 1.82) is 0 Å². The van der Waals surface area contributed by atoms with Crippen LogP contribution in [0.2, 0.25) is 0 Å². The quantitative estimate of drug-likeness (QED) is 0.663. The number of ether oxygens (including phenoxy) is 1. The Bertz CT molecular complexity index is 498. The van der Waals surface area contributed by atoms with E-state index in [0.29, 0.717) is 21.3 Å². The topological polar surface area (TPSA) is 75.7 Å². The normalized spacial score (nSPS) is 10.2. The van der Waals surface area contributed by atoms with Gasteiger partial charge in [-0.15, -0.1) is 0 Å². The minimum Gasteiger partial charge on any atom is -0.481 e. The Labute approximate surface area is 106 Å². The van der Waals surface area contributed by atoms with E-state index in [1.807, 2.05) is 35.6 Å². The van der Waals surface area contributed by atoms with Gasteiger partial charge in [0.2, 0.25) is 5.88 Å². The minimum absolute atomic E-state index is 0.522. The molecular weight excluding hydrogens is 321 g/mol. The molecule has 0 aromatic carbocycles. The Morgan fingerprint density at radius 2 is 2.12 bits per heavy atom. The van der Waals surface area contributed by atoms with Crippen molar-refractivity contribution >= 4 is 34.2 Å². The number of anilines is 2. The molecule has 0 amide bonds. The van der Waals surface area contributed by atoms with E-state index >= 15 is 0 Å². The first-order valence-corrected chi connectivity index (χ1v) is 5.63. The summed E-state index contributed by atoms with van der Waals surface area (Å²) in [5, 5.41) is 9.96. The molecule has 2 aromatic heterocycles. The first-order chi connectivity index (χ1) is 7.67. The van der Waals surface area contributed by atoms with Crippen molar-refractivity contribution in [2.45, 2.75) is 6.92 Å². The van der Waals surface area contributed by atoms with Gasteiger partial charge in [0.05, 0.1) is 7.11 Å². The first kappa shape index (κ1) is 11.1. The van der Waals surface area contributed by atoms with Gasteiger partial charge in [-0.25, -0.2) is 4.98 Å². The number of aryl methyl sites for hydroxylation is 1. The van der Waals surface area contributed by atoms with Crippen molar-refractivity contribution in [2.75, 3.05) is 12.4 Å². The van der Waals surface area contributed by atoms with Crippen molar-refractivity contribution in [2.24, 2.45) is 0 Å². The second-order valence-corrected chi connectivity index (χ2v) is 4.09. The van der Waals surface area contributed by atoms with Gasteiger partial charge in [0.15, 0.2) is 9.65 Å². The highest BCUT2D eigenvalue weighted by molar-refractivity contribution is 14.1. The largest absolute Gasteiger partial charge is 0.481 e. The molecule has 0 spiro atoms. The summed E-state index contributed by atoms with van der Waals surface area (Å²) in [5.74, 6) is 1.89. The van der Waals surface area contributed by atoms with E-state index in [0.717, 1.165) is 5.69 Å². The summed E-state index contributed by atoms with van der Waals surface area (Å²) in [4.78, 5) is 8.30. The Morgan fingerprint density at radius 1 is 1.31 bits per heavy atom. The number of H-pyrrole nitrogens is 1. The zero-order chi connectivity index (χ0) is 11.5. The van der Waals surface area contributed by atoms with E-state index in [1.165, 1.54) is 0 Å². The summed E-state index contributed by atoms with van der Waals surface area (Å²) >= 11 is 2.03. The summed E-state index contributed by atoms with van der Waals surface area (Å²) in [6.07, 6.45) is 0. The molecule has 84 valence electrons.